The molecule has 0 saturated carbocycles. The number of methoxy groups -OCH3 is 1. The summed E-state index contributed by atoms with van der Waals surface area (Å²) in [7, 11) is 1.66. The molecule has 0 aliphatic carbocycles. The van der Waals surface area contributed by atoms with Gasteiger partial charge in [-0.2, -0.15) is 0 Å². The van der Waals surface area contributed by atoms with Crippen LogP contribution in [0.5, 0.6) is 11.5 Å². The lowest BCUT2D eigenvalue weighted by Crippen LogP contribution is -2.40. The Morgan fingerprint density at radius 3 is 2.45 bits per heavy atom. The van der Waals surface area contributed by atoms with Crippen LogP contribution >= 0.6 is 0 Å². The van der Waals surface area contributed by atoms with Crippen molar-refractivity contribution < 1.29 is 14.3 Å². The van der Waals surface area contributed by atoms with Gasteiger partial charge in [-0.05, 0) is 75.9 Å². The normalized spacial score (nSPS) is 14.9. The van der Waals surface area contributed by atoms with Gasteiger partial charge in [0.05, 0.1) is 13.7 Å². The maximum absolute atomic E-state index is 12.6. The van der Waals surface area contributed by atoms with Crippen LogP contribution < -0.4 is 14.8 Å². The summed E-state index contributed by atoms with van der Waals surface area (Å²) in [6.07, 6.45) is 3.69. The summed E-state index contributed by atoms with van der Waals surface area (Å²) in [6, 6.07) is 14.8. The van der Waals surface area contributed by atoms with Gasteiger partial charge < -0.3 is 14.8 Å². The van der Waals surface area contributed by atoms with Crippen LogP contribution in [0, 0.1) is 12.8 Å². The summed E-state index contributed by atoms with van der Waals surface area (Å²) in [5.74, 6) is 1.88. The van der Waals surface area contributed by atoms with E-state index in [1.165, 1.54) is 16.7 Å². The maximum Gasteiger partial charge on any atom is 0.223 e. The molecule has 2 aromatic rings. The first-order valence-electron chi connectivity index (χ1n) is 11.4. The molecule has 0 unspecified atom stereocenters. The van der Waals surface area contributed by atoms with Crippen molar-refractivity contribution in [2.75, 3.05) is 33.4 Å². The van der Waals surface area contributed by atoms with E-state index >= 15 is 0 Å². The van der Waals surface area contributed by atoms with Crippen LogP contribution in [0.2, 0.25) is 0 Å². The third kappa shape index (κ3) is 7.00. The number of likely N-dealkylation sites (tertiary alicyclic amines) is 1. The minimum Gasteiger partial charge on any atom is -0.493 e. The van der Waals surface area contributed by atoms with Crippen molar-refractivity contribution in [1.29, 1.82) is 0 Å². The summed E-state index contributed by atoms with van der Waals surface area (Å²) in [5.41, 5.74) is 3.83. The van der Waals surface area contributed by atoms with E-state index < -0.39 is 0 Å². The Hall–Kier alpha value is -2.53. The van der Waals surface area contributed by atoms with E-state index in [2.05, 4.69) is 47.5 Å². The second-order valence-corrected chi connectivity index (χ2v) is 8.35. The number of carbonyl (C=O) groups is 1. The fourth-order valence-electron chi connectivity index (χ4n) is 4.10. The van der Waals surface area contributed by atoms with Crippen molar-refractivity contribution in [1.82, 2.24) is 10.2 Å². The first-order chi connectivity index (χ1) is 15.1. The predicted octanol–water partition coefficient (Wildman–Crippen LogP) is 4.36. The van der Waals surface area contributed by atoms with E-state index in [0.717, 1.165) is 56.8 Å². The third-order valence-electron chi connectivity index (χ3n) is 5.95. The SMILES string of the molecule is CCOc1ccc(CCCNC(=O)C2CCN(Cc3ccc(C)cc3)CC2)cc1OC. The predicted molar refractivity (Wildman–Crippen MR) is 125 cm³/mol. The van der Waals surface area contributed by atoms with Crippen molar-refractivity contribution in [3.8, 4) is 11.5 Å². The summed E-state index contributed by atoms with van der Waals surface area (Å²) in [4.78, 5) is 15.0. The third-order valence-corrected chi connectivity index (χ3v) is 5.95. The lowest BCUT2D eigenvalue weighted by Gasteiger charge is -2.31. The van der Waals surface area contributed by atoms with Crippen molar-refractivity contribution in [2.24, 2.45) is 5.92 Å². The summed E-state index contributed by atoms with van der Waals surface area (Å²) in [5, 5.41) is 3.14. The van der Waals surface area contributed by atoms with Crippen LogP contribution in [0.4, 0.5) is 0 Å². The van der Waals surface area contributed by atoms with Crippen LogP contribution in [-0.4, -0.2) is 44.2 Å². The Labute approximate surface area is 186 Å². The highest BCUT2D eigenvalue weighted by atomic mass is 16.5. The number of aryl methyl sites for hydroxylation is 2. The highest BCUT2D eigenvalue weighted by Crippen LogP contribution is 2.28. The molecule has 31 heavy (non-hydrogen) atoms. The lowest BCUT2D eigenvalue weighted by molar-refractivity contribution is -0.126. The zero-order valence-electron chi connectivity index (χ0n) is 19.2. The fraction of sp³-hybridized carbons (Fsp3) is 0.500. The van der Waals surface area contributed by atoms with Gasteiger partial charge in [0.2, 0.25) is 5.91 Å². The van der Waals surface area contributed by atoms with E-state index in [1.54, 1.807) is 7.11 Å². The molecule has 1 aliphatic rings. The molecule has 1 heterocycles. The molecule has 0 bridgehead atoms. The number of nitrogens with zero attached hydrogens (tertiary/aromatic N) is 1. The van der Waals surface area contributed by atoms with Gasteiger partial charge in [0, 0.05) is 19.0 Å². The van der Waals surface area contributed by atoms with Crippen molar-refractivity contribution in [3.05, 3.63) is 59.2 Å². The standard InChI is InChI=1S/C26H36N2O3/c1-4-31-24-12-11-21(18-25(24)30-3)6-5-15-27-26(29)23-13-16-28(17-14-23)19-22-9-7-20(2)8-10-22/h7-12,18,23H,4-6,13-17,19H2,1-3H3,(H,27,29). The Kier molecular flexibility index (Phi) is 8.77. The van der Waals surface area contributed by atoms with E-state index in [4.69, 9.17) is 9.47 Å². The largest absolute Gasteiger partial charge is 0.493 e. The van der Waals surface area contributed by atoms with Gasteiger partial charge in [-0.15, -0.1) is 0 Å². The molecule has 1 amide bonds. The van der Waals surface area contributed by atoms with Crippen molar-refractivity contribution >= 4 is 5.91 Å². The van der Waals surface area contributed by atoms with Crippen LogP contribution in [0.25, 0.3) is 0 Å². The van der Waals surface area contributed by atoms with E-state index in [-0.39, 0.29) is 11.8 Å². The van der Waals surface area contributed by atoms with Gasteiger partial charge in [0.1, 0.15) is 0 Å². The van der Waals surface area contributed by atoms with Crippen LogP contribution in [-0.2, 0) is 17.8 Å². The molecule has 5 nitrogen and oxygen atoms in total. The molecule has 2 aromatic carbocycles. The van der Waals surface area contributed by atoms with E-state index in [9.17, 15) is 4.79 Å². The highest BCUT2D eigenvalue weighted by Gasteiger charge is 2.24. The summed E-state index contributed by atoms with van der Waals surface area (Å²) in [6.45, 7) is 8.34. The molecule has 168 valence electrons. The monoisotopic (exact) mass is 424 g/mol. The molecule has 0 spiro atoms. The molecule has 1 fully saturated rings. The highest BCUT2D eigenvalue weighted by molar-refractivity contribution is 5.78. The number of amides is 1. The second-order valence-electron chi connectivity index (χ2n) is 8.35. The quantitative estimate of drug-likeness (QED) is 0.576. The van der Waals surface area contributed by atoms with Gasteiger partial charge in [-0.1, -0.05) is 35.9 Å². The molecule has 0 aromatic heterocycles. The van der Waals surface area contributed by atoms with Crippen molar-refractivity contribution in [2.45, 2.75) is 46.1 Å². The van der Waals surface area contributed by atoms with E-state index in [0.29, 0.717) is 13.2 Å². The Morgan fingerprint density at radius 2 is 1.77 bits per heavy atom. The van der Waals surface area contributed by atoms with E-state index in [1.807, 2.05) is 19.1 Å². The minimum atomic E-state index is 0.139. The Balaban J connectivity index is 1.35. The maximum atomic E-state index is 12.6. The second kappa shape index (κ2) is 11.8. The van der Waals surface area contributed by atoms with Gasteiger partial charge in [-0.3, -0.25) is 9.69 Å². The average molecular weight is 425 g/mol. The Morgan fingerprint density at radius 1 is 1.06 bits per heavy atom. The summed E-state index contributed by atoms with van der Waals surface area (Å²) < 4.78 is 11.0. The zero-order chi connectivity index (χ0) is 22.1. The lowest BCUT2D eigenvalue weighted by atomic mass is 9.95. The van der Waals surface area contributed by atoms with Crippen LogP contribution in [0.3, 0.4) is 0 Å². The smallest absolute Gasteiger partial charge is 0.223 e. The topological polar surface area (TPSA) is 50.8 Å². The Bertz CT molecular complexity index is 827. The average Bonchev–Trinajstić information content (AvgIpc) is 2.79. The molecule has 1 saturated heterocycles. The minimum absolute atomic E-state index is 0.139. The van der Waals surface area contributed by atoms with Gasteiger partial charge >= 0.3 is 0 Å². The molecular weight excluding hydrogens is 388 g/mol. The number of carbonyl (C=O) groups excluding carboxylic acids is 1. The molecule has 0 atom stereocenters. The number of ether oxygens (including phenoxy) is 2. The first kappa shape index (κ1) is 23.1. The molecular formula is C26H36N2O3. The summed E-state index contributed by atoms with van der Waals surface area (Å²) >= 11 is 0. The van der Waals surface area contributed by atoms with Crippen LogP contribution in [0.1, 0.15) is 42.9 Å². The number of benzene rings is 2. The molecule has 5 heteroatoms. The first-order valence-corrected chi connectivity index (χ1v) is 11.4. The number of nitrogens with one attached hydrogen (secondary N) is 1. The molecule has 1 aliphatic heterocycles. The molecule has 1 N–H and O–H groups in total. The van der Waals surface area contributed by atoms with Gasteiger partial charge in [0.15, 0.2) is 11.5 Å². The number of hydrogen-bond donors (Lipinski definition) is 1. The molecule has 3 rings (SSSR count). The fourth-order valence-corrected chi connectivity index (χ4v) is 4.10. The molecule has 0 radical (unpaired) electrons. The number of rotatable bonds is 10. The number of piperidine rings is 1. The van der Waals surface area contributed by atoms with Gasteiger partial charge in [-0.25, -0.2) is 0 Å². The van der Waals surface area contributed by atoms with Crippen molar-refractivity contribution in [3.63, 3.8) is 0 Å². The van der Waals surface area contributed by atoms with Crippen LogP contribution in [0.15, 0.2) is 42.5 Å². The zero-order valence-corrected chi connectivity index (χ0v) is 19.2. The number of hydrogen-bond acceptors (Lipinski definition) is 4. The van der Waals surface area contributed by atoms with Gasteiger partial charge in [0.25, 0.3) is 0 Å².